The molecule has 0 N–H and O–H groups in total. The van der Waals surface area contributed by atoms with Crippen molar-refractivity contribution in [3.8, 4) is 17.3 Å². The molecule has 1 aromatic heterocycles. The van der Waals surface area contributed by atoms with Crippen molar-refractivity contribution in [3.05, 3.63) is 74.4 Å². The fourth-order valence-electron chi connectivity index (χ4n) is 2.75. The monoisotopic (exact) mass is 360 g/mol. The van der Waals surface area contributed by atoms with Crippen molar-refractivity contribution in [2.45, 2.75) is 20.8 Å². The predicted octanol–water partition coefficient (Wildman–Crippen LogP) is 4.43. The minimum absolute atomic E-state index is 0.640. The lowest BCUT2D eigenvalue weighted by Gasteiger charge is -2.10. The van der Waals surface area contributed by atoms with E-state index in [1.54, 1.807) is 36.7 Å². The van der Waals surface area contributed by atoms with E-state index in [2.05, 4.69) is 54.4 Å². The van der Waals surface area contributed by atoms with Crippen molar-refractivity contribution in [2.75, 3.05) is 7.05 Å². The molecule has 0 unspecified atom stereocenters. The van der Waals surface area contributed by atoms with E-state index in [0.717, 1.165) is 21.6 Å². The Morgan fingerprint density at radius 3 is 2.38 bits per heavy atom. The summed E-state index contributed by atoms with van der Waals surface area (Å²) in [5.74, 6) is 0. The number of thiazole rings is 1. The Kier molecular flexibility index (Phi) is 5.15. The highest BCUT2D eigenvalue weighted by Gasteiger charge is 2.11. The predicted molar refractivity (Wildman–Crippen MR) is 108 cm³/mol. The molecule has 1 heterocycles. The number of nitriles is 1. The molecule has 0 radical (unpaired) electrons. The highest BCUT2D eigenvalue weighted by molar-refractivity contribution is 7.07. The molecule has 0 aliphatic rings. The van der Waals surface area contributed by atoms with E-state index in [1.165, 1.54) is 16.7 Å². The summed E-state index contributed by atoms with van der Waals surface area (Å²) in [6.45, 7) is 6.38. The summed E-state index contributed by atoms with van der Waals surface area (Å²) in [7, 11) is 1.77. The van der Waals surface area contributed by atoms with E-state index < -0.39 is 0 Å². The van der Waals surface area contributed by atoms with Crippen LogP contribution in [0.4, 0.5) is 0 Å². The number of hydrogen-bond donors (Lipinski definition) is 0. The van der Waals surface area contributed by atoms with Crippen molar-refractivity contribution in [2.24, 2.45) is 10.1 Å². The van der Waals surface area contributed by atoms with Gasteiger partial charge in [0.15, 0.2) is 0 Å². The lowest BCUT2D eigenvalue weighted by Crippen LogP contribution is -2.12. The van der Waals surface area contributed by atoms with Crippen LogP contribution < -0.4 is 4.80 Å². The first kappa shape index (κ1) is 17.8. The minimum Gasteiger partial charge on any atom is -0.261 e. The van der Waals surface area contributed by atoms with E-state index in [9.17, 15) is 0 Å². The van der Waals surface area contributed by atoms with E-state index in [4.69, 9.17) is 5.26 Å². The number of aryl methyl sites for hydroxylation is 3. The molecule has 2 aromatic carbocycles. The molecule has 0 atom stereocenters. The third-order valence-corrected chi connectivity index (χ3v) is 5.26. The molecule has 3 aromatic rings. The summed E-state index contributed by atoms with van der Waals surface area (Å²) in [5, 5.41) is 15.7. The van der Waals surface area contributed by atoms with Crippen LogP contribution in [0.3, 0.4) is 0 Å². The molecular weight excluding hydrogens is 340 g/mol. The van der Waals surface area contributed by atoms with Crippen LogP contribution >= 0.6 is 11.3 Å². The van der Waals surface area contributed by atoms with E-state index in [-0.39, 0.29) is 0 Å². The maximum Gasteiger partial charge on any atom is 0.205 e. The molecule has 0 aliphatic heterocycles. The van der Waals surface area contributed by atoms with Crippen LogP contribution in [-0.2, 0) is 0 Å². The molecule has 5 heteroatoms. The van der Waals surface area contributed by atoms with Crippen LogP contribution in [0.2, 0.25) is 0 Å². The van der Waals surface area contributed by atoms with Gasteiger partial charge in [0.25, 0.3) is 0 Å². The number of nitrogens with zero attached hydrogens (tertiary/aromatic N) is 4. The average Bonchev–Trinajstić information content (AvgIpc) is 3.06. The molecule has 0 aliphatic carbocycles. The molecule has 26 heavy (non-hydrogen) atoms. The molecule has 0 amide bonds. The van der Waals surface area contributed by atoms with E-state index in [0.29, 0.717) is 5.56 Å². The Labute approximate surface area is 157 Å². The third kappa shape index (κ3) is 3.51. The molecule has 0 fully saturated rings. The van der Waals surface area contributed by atoms with Gasteiger partial charge in [0.05, 0.1) is 23.5 Å². The molecule has 0 bridgehead atoms. The Hall–Kier alpha value is -2.97. The highest BCUT2D eigenvalue weighted by Crippen LogP contribution is 2.27. The van der Waals surface area contributed by atoms with Crippen LogP contribution in [0.5, 0.6) is 0 Å². The van der Waals surface area contributed by atoms with Crippen LogP contribution in [0.25, 0.3) is 11.3 Å². The fraction of sp³-hybridized carbons (Fsp3) is 0.190. The fourth-order valence-corrected chi connectivity index (χ4v) is 3.55. The van der Waals surface area contributed by atoms with Crippen molar-refractivity contribution >= 4 is 17.6 Å². The van der Waals surface area contributed by atoms with Gasteiger partial charge in [0.2, 0.25) is 4.80 Å². The smallest absolute Gasteiger partial charge is 0.205 e. The van der Waals surface area contributed by atoms with Crippen LogP contribution in [0.1, 0.15) is 27.8 Å². The molecule has 3 rings (SSSR count). The summed E-state index contributed by atoms with van der Waals surface area (Å²) >= 11 is 1.57. The summed E-state index contributed by atoms with van der Waals surface area (Å²) in [4.78, 5) is 5.19. The van der Waals surface area contributed by atoms with Crippen molar-refractivity contribution in [1.82, 2.24) is 4.68 Å². The van der Waals surface area contributed by atoms with E-state index in [1.807, 2.05) is 16.8 Å². The third-order valence-electron chi connectivity index (χ3n) is 4.36. The quantitative estimate of drug-likeness (QED) is 0.638. The van der Waals surface area contributed by atoms with Gasteiger partial charge in [-0.25, -0.2) is 4.68 Å². The molecule has 4 nitrogen and oxygen atoms in total. The van der Waals surface area contributed by atoms with Crippen LogP contribution in [0.15, 0.2) is 51.9 Å². The van der Waals surface area contributed by atoms with Gasteiger partial charge in [-0.2, -0.15) is 10.4 Å². The van der Waals surface area contributed by atoms with Gasteiger partial charge in [0, 0.05) is 18.0 Å². The second kappa shape index (κ2) is 7.51. The van der Waals surface area contributed by atoms with Gasteiger partial charge in [-0.3, -0.25) is 4.99 Å². The first-order valence-electron chi connectivity index (χ1n) is 8.29. The maximum absolute atomic E-state index is 8.91. The number of hydrogen-bond acceptors (Lipinski definition) is 4. The lowest BCUT2D eigenvalue weighted by molar-refractivity contribution is 0.847. The Balaban J connectivity index is 2.08. The largest absolute Gasteiger partial charge is 0.261 e. The zero-order valence-electron chi connectivity index (χ0n) is 15.3. The second-order valence-electron chi connectivity index (χ2n) is 6.17. The van der Waals surface area contributed by atoms with Crippen LogP contribution in [0, 0.1) is 32.1 Å². The molecule has 130 valence electrons. The second-order valence-corrected chi connectivity index (χ2v) is 7.01. The Morgan fingerprint density at radius 1 is 1.04 bits per heavy atom. The van der Waals surface area contributed by atoms with Gasteiger partial charge < -0.3 is 0 Å². The molecule has 0 spiro atoms. The highest BCUT2D eigenvalue weighted by atomic mass is 32.1. The van der Waals surface area contributed by atoms with Crippen molar-refractivity contribution in [1.29, 1.82) is 5.26 Å². The van der Waals surface area contributed by atoms with Gasteiger partial charge in [-0.1, -0.05) is 18.2 Å². The summed E-state index contributed by atoms with van der Waals surface area (Å²) < 4.78 is 1.87. The standard InChI is InChI=1S/C21H20N4S/c1-14-9-16(3)19(10-15(14)2)20-13-26-21(23-4)25(20)24-12-18-7-5-17(11-22)6-8-18/h5-10,12-13H,1-4H3. The van der Waals surface area contributed by atoms with Gasteiger partial charge >= 0.3 is 0 Å². The van der Waals surface area contributed by atoms with Crippen LogP contribution in [-0.4, -0.2) is 17.9 Å². The minimum atomic E-state index is 0.640. The zero-order valence-corrected chi connectivity index (χ0v) is 16.1. The Bertz CT molecular complexity index is 1080. The van der Waals surface area contributed by atoms with Gasteiger partial charge in [-0.05, 0) is 61.2 Å². The summed E-state index contributed by atoms with van der Waals surface area (Å²) in [6.07, 6.45) is 1.79. The normalized spacial score (nSPS) is 11.9. The first-order valence-corrected chi connectivity index (χ1v) is 9.17. The molecular formula is C21H20N4S. The zero-order chi connectivity index (χ0) is 18.7. The number of benzene rings is 2. The topological polar surface area (TPSA) is 53.4 Å². The van der Waals surface area contributed by atoms with Gasteiger partial charge in [-0.15, -0.1) is 11.3 Å². The van der Waals surface area contributed by atoms with E-state index >= 15 is 0 Å². The SMILES string of the molecule is CN=c1scc(-c2cc(C)c(C)cc2C)n1N=Cc1ccc(C#N)cc1. The maximum atomic E-state index is 8.91. The summed E-state index contributed by atoms with van der Waals surface area (Å²) in [6, 6.07) is 13.9. The van der Waals surface area contributed by atoms with Crippen molar-refractivity contribution < 1.29 is 0 Å². The summed E-state index contributed by atoms with van der Waals surface area (Å²) in [5.41, 5.74) is 7.53. The molecule has 0 saturated heterocycles. The molecule has 0 saturated carbocycles. The van der Waals surface area contributed by atoms with Crippen molar-refractivity contribution in [3.63, 3.8) is 0 Å². The number of rotatable bonds is 3. The average molecular weight is 360 g/mol. The van der Waals surface area contributed by atoms with Gasteiger partial charge in [0.1, 0.15) is 0 Å². The number of aromatic nitrogens is 1. The Morgan fingerprint density at radius 2 is 1.73 bits per heavy atom. The first-order chi connectivity index (χ1) is 12.5. The lowest BCUT2D eigenvalue weighted by atomic mass is 9.99.